The quantitative estimate of drug-likeness (QED) is 0.362. The summed E-state index contributed by atoms with van der Waals surface area (Å²) in [6.07, 6.45) is 3.39. The van der Waals surface area contributed by atoms with Crippen LogP contribution in [0.5, 0.6) is 5.75 Å². The number of carbonyl (C=O) groups excluding carboxylic acids is 1. The average Bonchev–Trinajstić information content (AvgIpc) is 2.49. The molecule has 0 heterocycles. The predicted molar refractivity (Wildman–Crippen MR) is 95.5 cm³/mol. The van der Waals surface area contributed by atoms with Crippen molar-refractivity contribution in [1.29, 1.82) is 0 Å². The number of rotatable bonds is 4. The van der Waals surface area contributed by atoms with Gasteiger partial charge in [-0.3, -0.25) is 9.79 Å². The molecule has 0 aliphatic heterocycles. The molecule has 1 saturated carbocycles. The number of guanidine groups is 1. The Bertz CT molecular complexity index is 569. The van der Waals surface area contributed by atoms with Crippen LogP contribution in [0.25, 0.3) is 0 Å². The molecule has 1 aromatic carbocycles. The fraction of sp³-hybridized carbons (Fsp3) is 0.467. The number of carbonyl (C=O) groups is 1. The summed E-state index contributed by atoms with van der Waals surface area (Å²) in [6, 6.07) is 4.79. The first-order chi connectivity index (χ1) is 10.5. The summed E-state index contributed by atoms with van der Waals surface area (Å²) in [4.78, 5) is 16.2. The Labute approximate surface area is 151 Å². The van der Waals surface area contributed by atoms with Gasteiger partial charge in [0.05, 0.1) is 16.0 Å². The van der Waals surface area contributed by atoms with Crippen molar-refractivity contribution in [3.63, 3.8) is 0 Å². The van der Waals surface area contributed by atoms with Crippen LogP contribution >= 0.6 is 35.6 Å². The number of nitrogens with two attached hydrogens (primary N) is 2. The van der Waals surface area contributed by atoms with Gasteiger partial charge in [0, 0.05) is 12.6 Å². The maximum atomic E-state index is 12.2. The van der Waals surface area contributed by atoms with Gasteiger partial charge in [0.1, 0.15) is 5.75 Å². The maximum Gasteiger partial charge on any atom is 0.314 e. The Morgan fingerprint density at radius 1 is 1.17 bits per heavy atom. The molecule has 0 atom stereocenters. The van der Waals surface area contributed by atoms with Crippen molar-refractivity contribution in [3.05, 3.63) is 28.2 Å². The van der Waals surface area contributed by atoms with Gasteiger partial charge in [-0.1, -0.05) is 23.2 Å². The SMILES string of the molecule is Cl.NC(N)=NCC1CCC(C(=O)Oc2ccc(Cl)c(Cl)c2)CC1. The van der Waals surface area contributed by atoms with Gasteiger partial charge < -0.3 is 16.2 Å². The minimum atomic E-state index is -0.223. The summed E-state index contributed by atoms with van der Waals surface area (Å²) < 4.78 is 5.37. The van der Waals surface area contributed by atoms with Crippen LogP contribution in [0.4, 0.5) is 0 Å². The zero-order valence-corrected chi connectivity index (χ0v) is 14.8. The van der Waals surface area contributed by atoms with E-state index in [4.69, 9.17) is 39.4 Å². The van der Waals surface area contributed by atoms with Crippen LogP contribution in [-0.2, 0) is 4.79 Å². The lowest BCUT2D eigenvalue weighted by molar-refractivity contribution is -0.140. The first kappa shape index (κ1) is 19.9. The van der Waals surface area contributed by atoms with Crippen molar-refractivity contribution in [1.82, 2.24) is 0 Å². The van der Waals surface area contributed by atoms with Gasteiger partial charge in [-0.25, -0.2) is 0 Å². The molecule has 0 saturated heterocycles. The Hall–Kier alpha value is -1.17. The number of esters is 1. The molecule has 0 aromatic heterocycles. The first-order valence-electron chi connectivity index (χ1n) is 7.18. The molecule has 128 valence electrons. The monoisotopic (exact) mass is 379 g/mol. The highest BCUT2D eigenvalue weighted by atomic mass is 35.5. The van der Waals surface area contributed by atoms with Crippen LogP contribution in [0.2, 0.25) is 10.0 Å². The molecule has 5 nitrogen and oxygen atoms in total. The minimum Gasteiger partial charge on any atom is -0.426 e. The molecule has 0 amide bonds. The summed E-state index contributed by atoms with van der Waals surface area (Å²) in [5.74, 6) is 0.642. The second-order valence-electron chi connectivity index (χ2n) is 5.48. The van der Waals surface area contributed by atoms with E-state index in [2.05, 4.69) is 4.99 Å². The highest BCUT2D eigenvalue weighted by molar-refractivity contribution is 6.42. The van der Waals surface area contributed by atoms with E-state index in [9.17, 15) is 4.79 Å². The van der Waals surface area contributed by atoms with Crippen LogP contribution < -0.4 is 16.2 Å². The Kier molecular flexibility index (Phi) is 7.95. The van der Waals surface area contributed by atoms with Gasteiger partial charge >= 0.3 is 5.97 Å². The molecular weight excluding hydrogens is 361 g/mol. The van der Waals surface area contributed by atoms with E-state index in [1.54, 1.807) is 18.2 Å². The highest BCUT2D eigenvalue weighted by Crippen LogP contribution is 2.31. The van der Waals surface area contributed by atoms with Crippen LogP contribution in [0, 0.1) is 11.8 Å². The zero-order chi connectivity index (χ0) is 16.1. The molecule has 1 aromatic rings. The van der Waals surface area contributed by atoms with E-state index in [1.165, 1.54) is 0 Å². The molecule has 0 radical (unpaired) electrons. The third-order valence-electron chi connectivity index (χ3n) is 3.82. The third-order valence-corrected chi connectivity index (χ3v) is 4.56. The largest absolute Gasteiger partial charge is 0.426 e. The van der Waals surface area contributed by atoms with E-state index < -0.39 is 0 Å². The highest BCUT2D eigenvalue weighted by Gasteiger charge is 2.27. The van der Waals surface area contributed by atoms with Crippen LogP contribution in [0.15, 0.2) is 23.2 Å². The predicted octanol–water partition coefficient (Wildman–Crippen LogP) is 3.40. The van der Waals surface area contributed by atoms with Gasteiger partial charge in [-0.05, 0) is 43.7 Å². The average molecular weight is 381 g/mol. The van der Waals surface area contributed by atoms with Crippen molar-refractivity contribution in [3.8, 4) is 5.75 Å². The number of halogens is 3. The molecule has 0 unspecified atom stereocenters. The molecule has 1 aliphatic carbocycles. The van der Waals surface area contributed by atoms with Gasteiger partial charge in [0.15, 0.2) is 5.96 Å². The van der Waals surface area contributed by atoms with E-state index >= 15 is 0 Å². The van der Waals surface area contributed by atoms with Gasteiger partial charge in [0.2, 0.25) is 0 Å². The molecule has 23 heavy (non-hydrogen) atoms. The number of benzene rings is 1. The second-order valence-corrected chi connectivity index (χ2v) is 6.29. The van der Waals surface area contributed by atoms with Crippen molar-refractivity contribution >= 4 is 47.5 Å². The van der Waals surface area contributed by atoms with Crippen LogP contribution in [-0.4, -0.2) is 18.5 Å². The summed E-state index contributed by atoms with van der Waals surface area (Å²) in [5, 5.41) is 0.801. The summed E-state index contributed by atoms with van der Waals surface area (Å²) in [7, 11) is 0. The number of hydrogen-bond acceptors (Lipinski definition) is 3. The first-order valence-corrected chi connectivity index (χ1v) is 7.93. The van der Waals surface area contributed by atoms with Crippen LogP contribution in [0.3, 0.4) is 0 Å². The number of ether oxygens (including phenoxy) is 1. The van der Waals surface area contributed by atoms with Crippen molar-refractivity contribution in [2.24, 2.45) is 28.3 Å². The topological polar surface area (TPSA) is 90.7 Å². The minimum absolute atomic E-state index is 0. The maximum absolute atomic E-state index is 12.2. The van der Waals surface area contributed by atoms with Gasteiger partial charge in [-0.15, -0.1) is 12.4 Å². The molecule has 4 N–H and O–H groups in total. The van der Waals surface area contributed by atoms with E-state index in [-0.39, 0.29) is 30.3 Å². The molecule has 0 spiro atoms. The van der Waals surface area contributed by atoms with Gasteiger partial charge in [-0.2, -0.15) is 0 Å². The van der Waals surface area contributed by atoms with Crippen LogP contribution in [0.1, 0.15) is 25.7 Å². The zero-order valence-electron chi connectivity index (χ0n) is 12.5. The molecule has 0 bridgehead atoms. The molecule has 1 fully saturated rings. The fourth-order valence-electron chi connectivity index (χ4n) is 2.56. The number of hydrogen-bond donors (Lipinski definition) is 2. The normalized spacial score (nSPS) is 20.3. The molecule has 2 rings (SSSR count). The Morgan fingerprint density at radius 2 is 1.83 bits per heavy atom. The van der Waals surface area contributed by atoms with Crippen molar-refractivity contribution in [2.45, 2.75) is 25.7 Å². The smallest absolute Gasteiger partial charge is 0.314 e. The van der Waals surface area contributed by atoms with Crippen molar-refractivity contribution in [2.75, 3.05) is 6.54 Å². The standard InChI is InChI=1S/C15H19Cl2N3O2.ClH/c16-12-6-5-11(7-13(12)17)22-14(21)10-3-1-9(2-4-10)8-20-15(18)19;/h5-7,9-10H,1-4,8H2,(H4,18,19,20);1H. The van der Waals surface area contributed by atoms with E-state index in [0.717, 1.165) is 25.7 Å². The fourth-order valence-corrected chi connectivity index (χ4v) is 2.84. The summed E-state index contributed by atoms with van der Waals surface area (Å²) in [5.41, 5.74) is 10.7. The lowest BCUT2D eigenvalue weighted by Gasteiger charge is -2.26. The Balaban J connectivity index is 0.00000264. The third kappa shape index (κ3) is 6.09. The van der Waals surface area contributed by atoms with Gasteiger partial charge in [0.25, 0.3) is 0 Å². The second kappa shape index (κ2) is 9.21. The molecular formula is C15H20Cl3N3O2. The lowest BCUT2D eigenvalue weighted by atomic mass is 9.82. The summed E-state index contributed by atoms with van der Waals surface area (Å²) >= 11 is 11.7. The lowest BCUT2D eigenvalue weighted by Crippen LogP contribution is -2.28. The van der Waals surface area contributed by atoms with E-state index in [1.807, 2.05) is 0 Å². The number of aliphatic imine (C=N–C) groups is 1. The van der Waals surface area contributed by atoms with Crippen molar-refractivity contribution < 1.29 is 9.53 Å². The molecule has 8 heteroatoms. The summed E-state index contributed by atoms with van der Waals surface area (Å²) in [6.45, 7) is 0.622. The Morgan fingerprint density at radius 3 is 2.39 bits per heavy atom. The number of nitrogens with zero attached hydrogens (tertiary/aromatic N) is 1. The van der Waals surface area contributed by atoms with E-state index in [0.29, 0.717) is 28.3 Å². The molecule has 1 aliphatic rings.